The first-order chi connectivity index (χ1) is 18.2. The van der Waals surface area contributed by atoms with Gasteiger partial charge in [-0.1, -0.05) is 30.3 Å². The molecule has 6 nitrogen and oxygen atoms in total. The second-order valence-electron chi connectivity index (χ2n) is 10.6. The van der Waals surface area contributed by atoms with Crippen molar-refractivity contribution in [1.29, 1.82) is 0 Å². The van der Waals surface area contributed by atoms with E-state index in [4.69, 9.17) is 4.98 Å². The zero-order valence-corrected chi connectivity index (χ0v) is 21.8. The van der Waals surface area contributed by atoms with E-state index in [9.17, 15) is 4.39 Å². The van der Waals surface area contributed by atoms with Crippen molar-refractivity contribution < 1.29 is 4.39 Å². The average Bonchev–Trinajstić information content (AvgIpc) is 2.92. The quantitative estimate of drug-likeness (QED) is 0.504. The fourth-order valence-electron chi connectivity index (χ4n) is 6.13. The Hall–Kier alpha value is -3.03. The van der Waals surface area contributed by atoms with Gasteiger partial charge in [-0.05, 0) is 79.6 Å². The van der Waals surface area contributed by atoms with Crippen LogP contribution in [0.3, 0.4) is 0 Å². The molecule has 2 saturated heterocycles. The van der Waals surface area contributed by atoms with Gasteiger partial charge in [-0.3, -0.25) is 4.90 Å². The van der Waals surface area contributed by atoms with Crippen LogP contribution in [-0.4, -0.2) is 72.6 Å². The van der Waals surface area contributed by atoms with Crippen LogP contribution in [0.4, 0.5) is 16.0 Å². The third-order valence-electron chi connectivity index (χ3n) is 8.39. The molecular weight excluding hydrogens is 463 g/mol. The summed E-state index contributed by atoms with van der Waals surface area (Å²) in [6, 6.07) is 14.4. The first kappa shape index (κ1) is 24.3. The SMILES string of the molecule is CNc1ncnc(N2CCN(C(CN3CCC3)c3ccc4c(c3)CCCC4)CC2)c1-c1ccc(F)cc1. The molecule has 0 radical (unpaired) electrons. The Morgan fingerprint density at radius 2 is 1.62 bits per heavy atom. The molecule has 0 bridgehead atoms. The van der Waals surface area contributed by atoms with E-state index < -0.39 is 0 Å². The first-order valence-corrected chi connectivity index (χ1v) is 13.8. The lowest BCUT2D eigenvalue weighted by Gasteiger charge is -2.43. The molecule has 3 aliphatic rings. The van der Waals surface area contributed by atoms with Crippen LogP contribution in [0.5, 0.6) is 0 Å². The number of fused-ring (bicyclic) bond motifs is 1. The number of nitrogens with zero attached hydrogens (tertiary/aromatic N) is 5. The van der Waals surface area contributed by atoms with Crippen LogP contribution in [0, 0.1) is 5.82 Å². The number of hydrogen-bond acceptors (Lipinski definition) is 6. The second-order valence-corrected chi connectivity index (χ2v) is 10.6. The number of halogens is 1. The van der Waals surface area contributed by atoms with Gasteiger partial charge < -0.3 is 15.1 Å². The standard InChI is InChI=1S/C30H37FN6/c1-32-29-28(23-9-11-26(31)12-10-23)30(34-21-33-29)37-17-15-36(16-18-37)27(20-35-13-4-14-35)25-8-7-22-5-2-3-6-24(22)19-25/h7-12,19,21,27H,2-6,13-18,20H2,1H3,(H,32,33,34). The van der Waals surface area contributed by atoms with Gasteiger partial charge in [-0.2, -0.15) is 0 Å². The molecule has 0 spiro atoms. The van der Waals surface area contributed by atoms with E-state index >= 15 is 0 Å². The monoisotopic (exact) mass is 500 g/mol. The molecule has 1 N–H and O–H groups in total. The Balaban J connectivity index is 1.24. The third-order valence-corrected chi connectivity index (χ3v) is 8.39. The molecule has 1 unspecified atom stereocenters. The van der Waals surface area contributed by atoms with Crippen molar-refractivity contribution in [2.75, 3.05) is 63.1 Å². The number of aromatic nitrogens is 2. The predicted octanol–water partition coefficient (Wildman–Crippen LogP) is 4.77. The maximum atomic E-state index is 13.6. The summed E-state index contributed by atoms with van der Waals surface area (Å²) >= 11 is 0. The average molecular weight is 501 g/mol. The van der Waals surface area contributed by atoms with Gasteiger partial charge in [-0.15, -0.1) is 0 Å². The molecule has 7 heteroatoms. The molecule has 1 atom stereocenters. The molecule has 3 heterocycles. The summed E-state index contributed by atoms with van der Waals surface area (Å²) < 4.78 is 13.6. The summed E-state index contributed by atoms with van der Waals surface area (Å²) in [7, 11) is 1.87. The normalized spacial score (nSPS) is 19.2. The minimum atomic E-state index is -0.239. The lowest BCUT2D eigenvalue weighted by Crippen LogP contribution is -2.51. The van der Waals surface area contributed by atoms with Crippen LogP contribution >= 0.6 is 0 Å². The van der Waals surface area contributed by atoms with Gasteiger partial charge in [-0.25, -0.2) is 14.4 Å². The highest BCUT2D eigenvalue weighted by Crippen LogP contribution is 2.36. The maximum absolute atomic E-state index is 13.6. The van der Waals surface area contributed by atoms with Gasteiger partial charge >= 0.3 is 0 Å². The third kappa shape index (κ3) is 5.07. The van der Waals surface area contributed by atoms with E-state index in [1.165, 1.54) is 62.9 Å². The Morgan fingerprint density at radius 3 is 2.32 bits per heavy atom. The molecule has 2 fully saturated rings. The summed E-state index contributed by atoms with van der Waals surface area (Å²) in [6.45, 7) is 7.31. The number of hydrogen-bond donors (Lipinski definition) is 1. The van der Waals surface area contributed by atoms with Gasteiger partial charge in [0.2, 0.25) is 0 Å². The van der Waals surface area contributed by atoms with Crippen LogP contribution in [0.1, 0.15) is 42.0 Å². The Labute approximate surface area is 219 Å². The molecule has 0 amide bonds. The summed E-state index contributed by atoms with van der Waals surface area (Å²) in [6.07, 6.45) is 8.04. The highest BCUT2D eigenvalue weighted by Gasteiger charge is 2.30. The van der Waals surface area contributed by atoms with E-state index in [0.717, 1.165) is 55.5 Å². The van der Waals surface area contributed by atoms with Crippen LogP contribution in [0.2, 0.25) is 0 Å². The molecule has 3 aromatic rings. The maximum Gasteiger partial charge on any atom is 0.142 e. The molecule has 6 rings (SSSR count). The summed E-state index contributed by atoms with van der Waals surface area (Å²) in [4.78, 5) is 16.8. The number of likely N-dealkylation sites (tertiary alicyclic amines) is 1. The van der Waals surface area contributed by atoms with Gasteiger partial charge in [0.25, 0.3) is 0 Å². The number of benzene rings is 2. The van der Waals surface area contributed by atoms with Crippen LogP contribution in [0.15, 0.2) is 48.8 Å². The van der Waals surface area contributed by atoms with Gasteiger partial charge in [0.05, 0.1) is 5.56 Å². The highest BCUT2D eigenvalue weighted by atomic mass is 19.1. The minimum absolute atomic E-state index is 0.239. The van der Waals surface area contributed by atoms with Crippen LogP contribution in [-0.2, 0) is 12.8 Å². The number of nitrogens with one attached hydrogen (secondary N) is 1. The molecule has 2 aliphatic heterocycles. The summed E-state index contributed by atoms with van der Waals surface area (Å²) in [5.74, 6) is 1.44. The van der Waals surface area contributed by atoms with Crippen molar-refractivity contribution in [3.63, 3.8) is 0 Å². The van der Waals surface area contributed by atoms with Crippen molar-refractivity contribution in [3.05, 3.63) is 71.3 Å². The van der Waals surface area contributed by atoms with Gasteiger partial charge in [0.1, 0.15) is 23.8 Å². The Bertz CT molecular complexity index is 1220. The van der Waals surface area contributed by atoms with Gasteiger partial charge in [0, 0.05) is 45.8 Å². The molecule has 194 valence electrons. The van der Waals surface area contributed by atoms with Crippen molar-refractivity contribution in [2.24, 2.45) is 0 Å². The Kier molecular flexibility index (Phi) is 7.07. The lowest BCUT2D eigenvalue weighted by atomic mass is 9.88. The van der Waals surface area contributed by atoms with Crippen molar-refractivity contribution in [3.8, 4) is 11.1 Å². The van der Waals surface area contributed by atoms with Crippen LogP contribution < -0.4 is 10.2 Å². The van der Waals surface area contributed by atoms with Gasteiger partial charge in [0.15, 0.2) is 0 Å². The number of rotatable bonds is 7. The number of piperazine rings is 1. The fraction of sp³-hybridized carbons (Fsp3) is 0.467. The molecule has 1 aromatic heterocycles. The molecule has 0 saturated carbocycles. The number of aryl methyl sites for hydroxylation is 2. The van der Waals surface area contributed by atoms with E-state index in [1.54, 1.807) is 17.5 Å². The molecule has 2 aromatic carbocycles. The van der Waals surface area contributed by atoms with E-state index in [-0.39, 0.29) is 5.82 Å². The smallest absolute Gasteiger partial charge is 0.142 e. The van der Waals surface area contributed by atoms with Crippen LogP contribution in [0.25, 0.3) is 11.1 Å². The van der Waals surface area contributed by atoms with Crippen molar-refractivity contribution in [1.82, 2.24) is 19.8 Å². The zero-order valence-electron chi connectivity index (χ0n) is 21.8. The molecule has 37 heavy (non-hydrogen) atoms. The predicted molar refractivity (Wildman–Crippen MR) is 148 cm³/mol. The van der Waals surface area contributed by atoms with E-state index in [0.29, 0.717) is 6.04 Å². The molecular formula is C30H37FN6. The second kappa shape index (κ2) is 10.8. The largest absolute Gasteiger partial charge is 0.372 e. The Morgan fingerprint density at radius 1 is 0.865 bits per heavy atom. The topological polar surface area (TPSA) is 47.5 Å². The zero-order chi connectivity index (χ0) is 25.2. The first-order valence-electron chi connectivity index (χ1n) is 13.8. The van der Waals surface area contributed by atoms with E-state index in [2.05, 4.69) is 43.2 Å². The minimum Gasteiger partial charge on any atom is -0.372 e. The highest BCUT2D eigenvalue weighted by molar-refractivity contribution is 5.85. The summed E-state index contributed by atoms with van der Waals surface area (Å²) in [5.41, 5.74) is 6.46. The number of anilines is 2. The fourth-order valence-corrected chi connectivity index (χ4v) is 6.13. The van der Waals surface area contributed by atoms with Crippen molar-refractivity contribution >= 4 is 11.6 Å². The summed E-state index contributed by atoms with van der Waals surface area (Å²) in [5, 5.41) is 3.21. The lowest BCUT2D eigenvalue weighted by molar-refractivity contribution is 0.0965. The van der Waals surface area contributed by atoms with Crippen molar-refractivity contribution in [2.45, 2.75) is 38.1 Å². The van der Waals surface area contributed by atoms with E-state index in [1.807, 2.05) is 19.2 Å². The molecule has 1 aliphatic carbocycles.